The monoisotopic (exact) mass is 366 g/mol. The van der Waals surface area contributed by atoms with Gasteiger partial charge in [-0.2, -0.15) is 5.10 Å². The molecule has 2 amide bonds. The molecule has 0 saturated heterocycles. The Labute approximate surface area is 149 Å². The van der Waals surface area contributed by atoms with Crippen LogP contribution in [0.3, 0.4) is 0 Å². The molecule has 1 aliphatic rings. The number of nitrogens with zero attached hydrogens (tertiary/aromatic N) is 2. The summed E-state index contributed by atoms with van der Waals surface area (Å²) in [6, 6.07) is 3.77. The molecule has 134 valence electrons. The van der Waals surface area contributed by atoms with E-state index < -0.39 is 10.8 Å². The number of hydrogen-bond donors (Lipinski definition) is 2. The van der Waals surface area contributed by atoms with Gasteiger partial charge in [0.05, 0.1) is 21.9 Å². The van der Waals surface area contributed by atoms with Crippen LogP contribution in [0.25, 0.3) is 0 Å². The fourth-order valence-electron chi connectivity index (χ4n) is 2.63. The van der Waals surface area contributed by atoms with Crippen molar-refractivity contribution in [1.29, 1.82) is 0 Å². The second-order valence-corrected chi connectivity index (χ2v) is 6.34. The number of carbonyl (C=O) groups excluding carboxylic acids is 2. The molecule has 0 aromatic heterocycles. The standard InChI is InChI=1S/C16H19ClN4O4/c1-10(8-15(22)18-11-4-2-3-5-11)19-20-16(23)13-7-6-12(21(24)25)9-14(13)17/h6-7,9,11H,2-5,8H2,1H3,(H,18,22)(H,20,23)/b19-10-. The average molecular weight is 367 g/mol. The highest BCUT2D eigenvalue weighted by Crippen LogP contribution is 2.22. The number of benzene rings is 1. The minimum absolute atomic E-state index is 0.0430. The molecule has 2 rings (SSSR count). The van der Waals surface area contributed by atoms with Crippen LogP contribution < -0.4 is 10.7 Å². The predicted molar refractivity (Wildman–Crippen MR) is 93.7 cm³/mol. The first kappa shape index (κ1) is 18.9. The third kappa shape index (κ3) is 5.53. The van der Waals surface area contributed by atoms with E-state index in [1.165, 1.54) is 12.1 Å². The number of nitrogens with one attached hydrogen (secondary N) is 2. The molecule has 1 aliphatic carbocycles. The lowest BCUT2D eigenvalue weighted by molar-refractivity contribution is -0.384. The molecule has 0 radical (unpaired) electrons. The lowest BCUT2D eigenvalue weighted by atomic mass is 10.2. The van der Waals surface area contributed by atoms with E-state index in [1.807, 2.05) is 0 Å². The Morgan fingerprint density at radius 1 is 1.36 bits per heavy atom. The summed E-state index contributed by atoms with van der Waals surface area (Å²) in [5, 5.41) is 17.4. The number of nitro groups is 1. The van der Waals surface area contributed by atoms with E-state index >= 15 is 0 Å². The van der Waals surface area contributed by atoms with Crippen molar-refractivity contribution in [1.82, 2.24) is 10.7 Å². The normalized spacial score (nSPS) is 15.0. The number of amides is 2. The predicted octanol–water partition coefficient (Wildman–Crippen LogP) is 2.80. The highest BCUT2D eigenvalue weighted by molar-refractivity contribution is 6.34. The van der Waals surface area contributed by atoms with Gasteiger partial charge in [0, 0.05) is 23.9 Å². The Morgan fingerprint density at radius 2 is 2.04 bits per heavy atom. The van der Waals surface area contributed by atoms with Crippen LogP contribution >= 0.6 is 11.6 Å². The molecule has 8 nitrogen and oxygen atoms in total. The number of halogens is 1. The van der Waals surface area contributed by atoms with Gasteiger partial charge >= 0.3 is 0 Å². The number of hydrazone groups is 1. The van der Waals surface area contributed by atoms with E-state index in [2.05, 4.69) is 15.8 Å². The van der Waals surface area contributed by atoms with Gasteiger partial charge in [-0.1, -0.05) is 24.4 Å². The second kappa shape index (κ2) is 8.57. The first-order chi connectivity index (χ1) is 11.9. The van der Waals surface area contributed by atoms with Crippen molar-refractivity contribution >= 4 is 34.8 Å². The molecular weight excluding hydrogens is 348 g/mol. The molecule has 0 unspecified atom stereocenters. The zero-order chi connectivity index (χ0) is 18.4. The molecule has 1 aromatic rings. The zero-order valence-electron chi connectivity index (χ0n) is 13.8. The highest BCUT2D eigenvalue weighted by Gasteiger charge is 2.18. The van der Waals surface area contributed by atoms with Crippen molar-refractivity contribution in [2.24, 2.45) is 5.10 Å². The van der Waals surface area contributed by atoms with Gasteiger partial charge in [0.25, 0.3) is 11.6 Å². The zero-order valence-corrected chi connectivity index (χ0v) is 14.5. The molecule has 0 aliphatic heterocycles. The van der Waals surface area contributed by atoms with Gasteiger partial charge in [0.15, 0.2) is 0 Å². The Kier molecular flexibility index (Phi) is 6.46. The number of hydrogen-bond acceptors (Lipinski definition) is 5. The van der Waals surface area contributed by atoms with Crippen molar-refractivity contribution in [3.63, 3.8) is 0 Å². The van der Waals surface area contributed by atoms with E-state index in [-0.39, 0.29) is 34.6 Å². The molecule has 2 N–H and O–H groups in total. The Balaban J connectivity index is 1.90. The van der Waals surface area contributed by atoms with Gasteiger partial charge in [0.1, 0.15) is 0 Å². The molecule has 1 fully saturated rings. The second-order valence-electron chi connectivity index (χ2n) is 5.93. The Bertz CT molecular complexity index is 714. The van der Waals surface area contributed by atoms with Crippen LogP contribution in [0.5, 0.6) is 0 Å². The molecule has 9 heteroatoms. The third-order valence-corrected chi connectivity index (χ3v) is 4.21. The van der Waals surface area contributed by atoms with Crippen molar-refractivity contribution < 1.29 is 14.5 Å². The van der Waals surface area contributed by atoms with Gasteiger partial charge in [-0.3, -0.25) is 19.7 Å². The van der Waals surface area contributed by atoms with Gasteiger partial charge in [-0.25, -0.2) is 5.43 Å². The smallest absolute Gasteiger partial charge is 0.272 e. The summed E-state index contributed by atoms with van der Waals surface area (Å²) in [7, 11) is 0. The van der Waals surface area contributed by atoms with E-state index in [0.29, 0.717) is 5.71 Å². The first-order valence-corrected chi connectivity index (χ1v) is 8.31. The van der Waals surface area contributed by atoms with E-state index in [1.54, 1.807) is 6.92 Å². The summed E-state index contributed by atoms with van der Waals surface area (Å²) in [6.45, 7) is 1.63. The first-order valence-electron chi connectivity index (χ1n) is 7.93. The molecule has 1 aromatic carbocycles. The van der Waals surface area contributed by atoms with E-state index in [0.717, 1.165) is 31.7 Å². The van der Waals surface area contributed by atoms with Crippen LogP contribution in [0.1, 0.15) is 49.4 Å². The van der Waals surface area contributed by atoms with Crippen molar-refractivity contribution in [3.8, 4) is 0 Å². The molecule has 0 atom stereocenters. The van der Waals surface area contributed by atoms with Crippen LogP contribution in [0.4, 0.5) is 5.69 Å². The Morgan fingerprint density at radius 3 is 2.64 bits per heavy atom. The number of carbonyl (C=O) groups is 2. The maximum Gasteiger partial charge on any atom is 0.272 e. The number of nitro benzene ring substituents is 1. The summed E-state index contributed by atoms with van der Waals surface area (Å²) in [5.41, 5.74) is 2.61. The van der Waals surface area contributed by atoms with Gasteiger partial charge in [-0.15, -0.1) is 0 Å². The van der Waals surface area contributed by atoms with Gasteiger partial charge in [-0.05, 0) is 25.8 Å². The molecule has 0 spiro atoms. The van der Waals surface area contributed by atoms with Crippen molar-refractivity contribution in [3.05, 3.63) is 38.9 Å². The van der Waals surface area contributed by atoms with Crippen LogP contribution in [0.15, 0.2) is 23.3 Å². The molecule has 0 heterocycles. The number of rotatable bonds is 6. The molecular formula is C16H19ClN4O4. The summed E-state index contributed by atoms with van der Waals surface area (Å²) in [4.78, 5) is 34.0. The van der Waals surface area contributed by atoms with Crippen LogP contribution in [-0.4, -0.2) is 28.5 Å². The summed E-state index contributed by atoms with van der Waals surface area (Å²) in [6.07, 6.45) is 4.34. The van der Waals surface area contributed by atoms with Crippen molar-refractivity contribution in [2.45, 2.75) is 45.1 Å². The summed E-state index contributed by atoms with van der Waals surface area (Å²) >= 11 is 5.89. The van der Waals surface area contributed by atoms with E-state index in [4.69, 9.17) is 11.6 Å². The Hall–Kier alpha value is -2.48. The third-order valence-electron chi connectivity index (χ3n) is 3.89. The van der Waals surface area contributed by atoms with Crippen LogP contribution in [0, 0.1) is 10.1 Å². The largest absolute Gasteiger partial charge is 0.353 e. The van der Waals surface area contributed by atoms with Gasteiger partial charge < -0.3 is 5.32 Å². The maximum absolute atomic E-state index is 12.0. The fraction of sp³-hybridized carbons (Fsp3) is 0.438. The maximum atomic E-state index is 12.0. The molecule has 25 heavy (non-hydrogen) atoms. The SMILES string of the molecule is C/C(CC(=O)NC1CCCC1)=N/NC(=O)c1ccc([N+](=O)[O-])cc1Cl. The van der Waals surface area contributed by atoms with Gasteiger partial charge in [0.2, 0.25) is 5.91 Å². The van der Waals surface area contributed by atoms with Crippen LogP contribution in [-0.2, 0) is 4.79 Å². The quantitative estimate of drug-likeness (QED) is 0.457. The molecule has 1 saturated carbocycles. The number of non-ortho nitro benzene ring substituents is 1. The lowest BCUT2D eigenvalue weighted by Gasteiger charge is -2.11. The highest BCUT2D eigenvalue weighted by atomic mass is 35.5. The topological polar surface area (TPSA) is 114 Å². The summed E-state index contributed by atoms with van der Waals surface area (Å²) in [5.74, 6) is -0.730. The average Bonchev–Trinajstić information content (AvgIpc) is 3.05. The molecule has 0 bridgehead atoms. The van der Waals surface area contributed by atoms with Crippen molar-refractivity contribution in [2.75, 3.05) is 0 Å². The minimum Gasteiger partial charge on any atom is -0.353 e. The van der Waals surface area contributed by atoms with E-state index in [9.17, 15) is 19.7 Å². The minimum atomic E-state index is -0.601. The lowest BCUT2D eigenvalue weighted by Crippen LogP contribution is -2.33. The summed E-state index contributed by atoms with van der Waals surface area (Å²) < 4.78 is 0. The van der Waals surface area contributed by atoms with Crippen LogP contribution in [0.2, 0.25) is 5.02 Å². The fourth-order valence-corrected chi connectivity index (χ4v) is 2.89.